The Balaban J connectivity index is 0.000000383. The Morgan fingerprint density at radius 3 is 2.79 bits per heavy atom. The van der Waals surface area contributed by atoms with Gasteiger partial charge in [0.2, 0.25) is 0 Å². The van der Waals surface area contributed by atoms with Gasteiger partial charge in [-0.2, -0.15) is 0 Å². The van der Waals surface area contributed by atoms with Crippen LogP contribution in [0.3, 0.4) is 0 Å². The van der Waals surface area contributed by atoms with Crippen LogP contribution < -0.4 is 0 Å². The lowest BCUT2D eigenvalue weighted by molar-refractivity contribution is 0.110. The molecule has 1 aromatic rings. The summed E-state index contributed by atoms with van der Waals surface area (Å²) in [6.07, 6.45) is 12.3. The van der Waals surface area contributed by atoms with E-state index >= 15 is 0 Å². The van der Waals surface area contributed by atoms with Gasteiger partial charge in [0.15, 0.2) is 6.29 Å². The largest absolute Gasteiger partial charge is 0.385 e. The van der Waals surface area contributed by atoms with Crippen LogP contribution >= 0.6 is 0 Å². The van der Waals surface area contributed by atoms with Crippen LogP contribution in [0.2, 0.25) is 0 Å². The minimum Gasteiger partial charge on any atom is -0.385 e. The summed E-state index contributed by atoms with van der Waals surface area (Å²) in [5.41, 5.74) is 3.91. The average molecular weight is 330 g/mol. The van der Waals surface area contributed by atoms with Gasteiger partial charge in [0, 0.05) is 44.6 Å². The van der Waals surface area contributed by atoms with Gasteiger partial charge >= 0.3 is 0 Å². The molecule has 1 aromatic heterocycles. The maximum Gasteiger partial charge on any atom is 0.151 e. The van der Waals surface area contributed by atoms with Gasteiger partial charge in [-0.25, -0.2) is 0 Å². The van der Waals surface area contributed by atoms with Gasteiger partial charge < -0.3 is 4.74 Å². The van der Waals surface area contributed by atoms with Crippen LogP contribution in [0.15, 0.2) is 12.3 Å². The molecule has 3 aliphatic rings. The second-order valence-electron chi connectivity index (χ2n) is 7.54. The maximum atomic E-state index is 10.8. The van der Waals surface area contributed by atoms with Crippen molar-refractivity contribution in [2.45, 2.75) is 64.5 Å². The van der Waals surface area contributed by atoms with E-state index in [0.29, 0.717) is 5.56 Å². The quantitative estimate of drug-likeness (QED) is 0.794. The van der Waals surface area contributed by atoms with E-state index in [0.717, 1.165) is 43.9 Å². The Kier molecular flexibility index (Phi) is 5.67. The van der Waals surface area contributed by atoms with E-state index in [2.05, 4.69) is 14.6 Å². The SMILES string of the molecule is CCOC.O=Cc1cnc2c(c1)CCN(C1CCC3(CCC3)C1)C2. The van der Waals surface area contributed by atoms with Crippen LogP contribution in [0, 0.1) is 5.41 Å². The molecule has 0 amide bonds. The maximum absolute atomic E-state index is 10.8. The topological polar surface area (TPSA) is 42.4 Å². The highest BCUT2D eigenvalue weighted by Crippen LogP contribution is 2.54. The molecule has 1 aliphatic heterocycles. The van der Waals surface area contributed by atoms with Gasteiger partial charge in [-0.05, 0) is 62.5 Å². The Morgan fingerprint density at radius 2 is 2.21 bits per heavy atom. The number of hydrogen-bond donors (Lipinski definition) is 0. The molecule has 0 aromatic carbocycles. The second kappa shape index (κ2) is 7.75. The van der Waals surface area contributed by atoms with E-state index in [-0.39, 0.29) is 0 Å². The van der Waals surface area contributed by atoms with Crippen molar-refractivity contribution in [2.24, 2.45) is 5.41 Å². The summed E-state index contributed by atoms with van der Waals surface area (Å²) in [5, 5.41) is 0. The minimum atomic E-state index is 0.714. The molecular weight excluding hydrogens is 300 g/mol. The van der Waals surface area contributed by atoms with Crippen LogP contribution in [0.1, 0.15) is 67.1 Å². The molecule has 1 unspecified atom stereocenters. The summed E-state index contributed by atoms with van der Waals surface area (Å²) in [5.74, 6) is 0. The van der Waals surface area contributed by atoms with Crippen molar-refractivity contribution in [1.82, 2.24) is 9.88 Å². The molecule has 0 bridgehead atoms. The van der Waals surface area contributed by atoms with E-state index in [4.69, 9.17) is 0 Å². The third kappa shape index (κ3) is 3.70. The number of hydrogen-bond acceptors (Lipinski definition) is 4. The number of rotatable bonds is 3. The van der Waals surface area contributed by atoms with Gasteiger partial charge in [-0.15, -0.1) is 0 Å². The van der Waals surface area contributed by atoms with E-state index in [1.165, 1.54) is 49.8 Å². The molecule has 0 saturated heterocycles. The Labute approximate surface area is 145 Å². The molecule has 2 heterocycles. The average Bonchev–Trinajstić information content (AvgIpc) is 3.07. The van der Waals surface area contributed by atoms with Crippen molar-refractivity contribution < 1.29 is 9.53 Å². The van der Waals surface area contributed by atoms with Gasteiger partial charge in [0.05, 0.1) is 5.69 Å². The van der Waals surface area contributed by atoms with Gasteiger partial charge in [0.25, 0.3) is 0 Å². The first-order valence-electron chi connectivity index (χ1n) is 9.35. The molecule has 1 atom stereocenters. The number of methoxy groups -OCH3 is 1. The lowest BCUT2D eigenvalue weighted by Gasteiger charge is -2.40. The third-order valence-corrected chi connectivity index (χ3v) is 6.13. The molecule has 1 spiro atoms. The summed E-state index contributed by atoms with van der Waals surface area (Å²) >= 11 is 0. The second-order valence-corrected chi connectivity index (χ2v) is 7.54. The normalized spacial score (nSPS) is 24.7. The number of carbonyl (C=O) groups is 1. The molecular formula is C20H30N2O2. The number of aromatic nitrogens is 1. The number of ether oxygens (including phenoxy) is 1. The standard InChI is InChI=1S/C17H22N2O.C3H8O/c20-12-13-8-14-3-7-19(11-16(14)18-10-13)15-2-6-17(9-15)4-1-5-17;1-3-4-2/h8,10,12,15H,1-7,9,11H2;3H2,1-2H3. The molecule has 2 saturated carbocycles. The highest BCUT2D eigenvalue weighted by Gasteiger charge is 2.45. The van der Waals surface area contributed by atoms with E-state index in [1.807, 2.05) is 13.0 Å². The third-order valence-electron chi connectivity index (χ3n) is 6.13. The van der Waals surface area contributed by atoms with E-state index in [9.17, 15) is 4.79 Å². The Morgan fingerprint density at radius 1 is 1.42 bits per heavy atom. The van der Waals surface area contributed by atoms with Gasteiger partial charge in [0.1, 0.15) is 0 Å². The lowest BCUT2D eigenvalue weighted by Crippen LogP contribution is -2.39. The zero-order valence-corrected chi connectivity index (χ0v) is 15.1. The smallest absolute Gasteiger partial charge is 0.151 e. The summed E-state index contributed by atoms with van der Waals surface area (Å²) in [6, 6.07) is 2.80. The van der Waals surface area contributed by atoms with Crippen molar-refractivity contribution in [3.63, 3.8) is 0 Å². The number of pyridine rings is 1. The summed E-state index contributed by atoms with van der Waals surface area (Å²) in [7, 11) is 1.68. The fraction of sp³-hybridized carbons (Fsp3) is 0.700. The number of nitrogens with zero attached hydrogens (tertiary/aromatic N) is 2. The molecule has 0 N–H and O–H groups in total. The first-order chi connectivity index (χ1) is 11.7. The predicted molar refractivity (Wildman–Crippen MR) is 95.2 cm³/mol. The monoisotopic (exact) mass is 330 g/mol. The van der Waals surface area contributed by atoms with E-state index in [1.54, 1.807) is 13.3 Å². The molecule has 4 heteroatoms. The van der Waals surface area contributed by atoms with Crippen LogP contribution in [-0.4, -0.2) is 42.5 Å². The lowest BCUT2D eigenvalue weighted by atomic mass is 9.67. The van der Waals surface area contributed by atoms with Crippen molar-refractivity contribution >= 4 is 6.29 Å². The molecule has 4 rings (SSSR count). The fourth-order valence-corrected chi connectivity index (χ4v) is 4.45. The van der Waals surface area contributed by atoms with Gasteiger partial charge in [-0.3, -0.25) is 14.7 Å². The van der Waals surface area contributed by atoms with Crippen LogP contribution in [0.4, 0.5) is 0 Å². The first kappa shape index (κ1) is 17.6. The first-order valence-corrected chi connectivity index (χ1v) is 9.35. The zero-order chi connectivity index (χ0) is 17.0. The van der Waals surface area contributed by atoms with Crippen molar-refractivity contribution in [2.75, 3.05) is 20.3 Å². The van der Waals surface area contributed by atoms with Crippen LogP contribution in [0.25, 0.3) is 0 Å². The number of aldehydes is 1. The fourth-order valence-electron chi connectivity index (χ4n) is 4.45. The number of carbonyl (C=O) groups excluding carboxylic acids is 1. The van der Waals surface area contributed by atoms with Crippen LogP contribution in [-0.2, 0) is 17.7 Å². The highest BCUT2D eigenvalue weighted by atomic mass is 16.5. The van der Waals surface area contributed by atoms with Crippen molar-refractivity contribution in [3.05, 3.63) is 29.1 Å². The Hall–Kier alpha value is -1.26. The molecule has 4 nitrogen and oxygen atoms in total. The zero-order valence-electron chi connectivity index (χ0n) is 15.1. The molecule has 24 heavy (non-hydrogen) atoms. The minimum absolute atomic E-state index is 0.714. The molecule has 2 fully saturated rings. The molecule has 0 radical (unpaired) electrons. The summed E-state index contributed by atoms with van der Waals surface area (Å²) in [4.78, 5) is 18.0. The van der Waals surface area contributed by atoms with Gasteiger partial charge in [-0.1, -0.05) is 6.42 Å². The Bertz CT molecular complexity index is 567. The highest BCUT2D eigenvalue weighted by molar-refractivity contribution is 5.74. The van der Waals surface area contributed by atoms with E-state index < -0.39 is 0 Å². The van der Waals surface area contributed by atoms with Crippen molar-refractivity contribution in [1.29, 1.82) is 0 Å². The number of fused-ring (bicyclic) bond motifs is 1. The summed E-state index contributed by atoms with van der Waals surface area (Å²) < 4.78 is 4.54. The molecule has 132 valence electrons. The van der Waals surface area contributed by atoms with Crippen molar-refractivity contribution in [3.8, 4) is 0 Å². The summed E-state index contributed by atoms with van der Waals surface area (Å²) in [6.45, 7) is 4.90. The molecule has 2 aliphatic carbocycles. The predicted octanol–water partition coefficient (Wildman–Crippen LogP) is 3.63. The van der Waals surface area contributed by atoms with Crippen LogP contribution in [0.5, 0.6) is 0 Å².